The van der Waals surface area contributed by atoms with Crippen molar-refractivity contribution < 1.29 is 9.84 Å². The number of benzene rings is 1. The van der Waals surface area contributed by atoms with Gasteiger partial charge in [-0.2, -0.15) is 0 Å². The summed E-state index contributed by atoms with van der Waals surface area (Å²) in [5.41, 5.74) is 0.892. The first kappa shape index (κ1) is 18.5. The molecule has 1 atom stereocenters. The van der Waals surface area contributed by atoms with Crippen LogP contribution in [-0.2, 0) is 0 Å². The van der Waals surface area contributed by atoms with Crippen LogP contribution in [0.25, 0.3) is 0 Å². The van der Waals surface area contributed by atoms with Gasteiger partial charge in [-0.25, -0.2) is 0 Å². The predicted octanol–water partition coefficient (Wildman–Crippen LogP) is 6.02. The molecule has 0 bridgehead atoms. The maximum Gasteiger partial charge on any atom is 0.125 e. The van der Waals surface area contributed by atoms with E-state index in [0.717, 1.165) is 28.6 Å². The van der Waals surface area contributed by atoms with Gasteiger partial charge in [-0.1, -0.05) is 80.3 Å². The van der Waals surface area contributed by atoms with Crippen LogP contribution < -0.4 is 4.74 Å². The van der Waals surface area contributed by atoms with Gasteiger partial charge in [-0.15, -0.1) is 0 Å². The average molecular weight is 357 g/mol. The Hall–Kier alpha value is -0.540. The molecule has 0 radical (unpaired) electrons. The van der Waals surface area contributed by atoms with Crippen molar-refractivity contribution >= 4 is 15.9 Å². The van der Waals surface area contributed by atoms with Crippen LogP contribution in [0.15, 0.2) is 22.7 Å². The highest BCUT2D eigenvalue weighted by molar-refractivity contribution is 9.10. The van der Waals surface area contributed by atoms with Crippen molar-refractivity contribution in [1.82, 2.24) is 0 Å². The Morgan fingerprint density at radius 1 is 1.05 bits per heavy atom. The molecule has 1 rings (SSSR count). The number of unbranched alkanes of at least 4 members (excludes halogenated alkanes) is 7. The summed E-state index contributed by atoms with van der Waals surface area (Å²) in [6.07, 6.45) is 10.7. The molecule has 0 aromatic heterocycles. The van der Waals surface area contributed by atoms with Crippen LogP contribution in [0.4, 0.5) is 0 Å². The summed E-state index contributed by atoms with van der Waals surface area (Å²) in [4.78, 5) is 0. The minimum atomic E-state index is -0.423. The monoisotopic (exact) mass is 356 g/mol. The van der Waals surface area contributed by atoms with Crippen LogP contribution in [0.5, 0.6) is 5.75 Å². The van der Waals surface area contributed by atoms with Gasteiger partial charge in [0.15, 0.2) is 0 Å². The van der Waals surface area contributed by atoms with E-state index in [1.165, 1.54) is 44.9 Å². The molecule has 0 fully saturated rings. The lowest BCUT2D eigenvalue weighted by molar-refractivity contribution is 0.159. The Labute approximate surface area is 138 Å². The van der Waals surface area contributed by atoms with E-state index in [0.29, 0.717) is 0 Å². The molecule has 0 aliphatic carbocycles. The zero-order valence-electron chi connectivity index (χ0n) is 13.4. The highest BCUT2D eigenvalue weighted by atomic mass is 79.9. The van der Waals surface area contributed by atoms with E-state index < -0.39 is 6.10 Å². The third kappa shape index (κ3) is 7.32. The lowest BCUT2D eigenvalue weighted by Crippen LogP contribution is -2.00. The third-order valence-electron chi connectivity index (χ3n) is 3.89. The standard InChI is InChI=1S/C18H29BrO2/c1-3-4-5-6-7-8-9-10-11-17(20)16-13-12-15(19)14-18(16)21-2/h12-14,17,20H,3-11H2,1-2H3. The van der Waals surface area contributed by atoms with E-state index in [1.54, 1.807) is 7.11 Å². The average Bonchev–Trinajstić information content (AvgIpc) is 2.49. The first-order valence-electron chi connectivity index (χ1n) is 8.20. The van der Waals surface area contributed by atoms with Gasteiger partial charge in [0.05, 0.1) is 13.2 Å². The molecule has 0 amide bonds. The summed E-state index contributed by atoms with van der Waals surface area (Å²) in [7, 11) is 1.65. The van der Waals surface area contributed by atoms with Crippen LogP contribution in [0.2, 0.25) is 0 Å². The van der Waals surface area contributed by atoms with Crippen LogP contribution in [-0.4, -0.2) is 12.2 Å². The Morgan fingerprint density at radius 3 is 2.29 bits per heavy atom. The van der Waals surface area contributed by atoms with Gasteiger partial charge >= 0.3 is 0 Å². The van der Waals surface area contributed by atoms with Crippen molar-refractivity contribution in [2.45, 2.75) is 70.8 Å². The van der Waals surface area contributed by atoms with Crippen molar-refractivity contribution in [2.24, 2.45) is 0 Å². The van der Waals surface area contributed by atoms with Crippen LogP contribution in [0.3, 0.4) is 0 Å². The summed E-state index contributed by atoms with van der Waals surface area (Å²) in [5, 5.41) is 10.3. The quantitative estimate of drug-likeness (QED) is 0.491. The molecular formula is C18H29BrO2. The first-order valence-corrected chi connectivity index (χ1v) is 8.99. The lowest BCUT2D eigenvalue weighted by Gasteiger charge is -2.15. The molecule has 0 saturated carbocycles. The van der Waals surface area contributed by atoms with Crippen molar-refractivity contribution in [1.29, 1.82) is 0 Å². The van der Waals surface area contributed by atoms with Crippen LogP contribution in [0, 0.1) is 0 Å². The Bertz CT molecular complexity index is 393. The summed E-state index contributed by atoms with van der Waals surface area (Å²) < 4.78 is 6.31. The molecule has 1 N–H and O–H groups in total. The fourth-order valence-corrected chi connectivity index (χ4v) is 2.93. The van der Waals surface area contributed by atoms with Crippen molar-refractivity contribution in [3.63, 3.8) is 0 Å². The number of hydrogen-bond donors (Lipinski definition) is 1. The number of hydrogen-bond acceptors (Lipinski definition) is 2. The maximum absolute atomic E-state index is 10.3. The number of rotatable bonds is 11. The number of halogens is 1. The zero-order valence-corrected chi connectivity index (χ0v) is 15.0. The van der Waals surface area contributed by atoms with Gasteiger partial charge in [0.25, 0.3) is 0 Å². The molecular weight excluding hydrogens is 328 g/mol. The van der Waals surface area contributed by atoms with Gasteiger partial charge in [0, 0.05) is 10.0 Å². The predicted molar refractivity (Wildman–Crippen MR) is 92.9 cm³/mol. The first-order chi connectivity index (χ1) is 10.2. The van der Waals surface area contributed by atoms with Crippen LogP contribution >= 0.6 is 15.9 Å². The molecule has 3 heteroatoms. The smallest absolute Gasteiger partial charge is 0.125 e. The molecule has 21 heavy (non-hydrogen) atoms. The normalized spacial score (nSPS) is 12.4. The molecule has 0 aliphatic heterocycles. The molecule has 1 aromatic rings. The topological polar surface area (TPSA) is 29.5 Å². The molecule has 2 nitrogen and oxygen atoms in total. The third-order valence-corrected chi connectivity index (χ3v) is 4.38. The molecule has 0 heterocycles. The number of methoxy groups -OCH3 is 1. The zero-order chi connectivity index (χ0) is 15.5. The number of aliphatic hydroxyl groups is 1. The van der Waals surface area contributed by atoms with Gasteiger partial charge in [0.1, 0.15) is 5.75 Å². The molecule has 0 saturated heterocycles. The lowest BCUT2D eigenvalue weighted by atomic mass is 10.0. The fourth-order valence-electron chi connectivity index (χ4n) is 2.59. The van der Waals surface area contributed by atoms with Crippen molar-refractivity contribution in [3.05, 3.63) is 28.2 Å². The van der Waals surface area contributed by atoms with Crippen molar-refractivity contribution in [3.8, 4) is 5.75 Å². The van der Waals surface area contributed by atoms with E-state index in [9.17, 15) is 5.11 Å². The SMILES string of the molecule is CCCCCCCCCCC(O)c1ccc(Br)cc1OC. The van der Waals surface area contributed by atoms with Gasteiger partial charge in [-0.05, 0) is 18.6 Å². The largest absolute Gasteiger partial charge is 0.496 e. The van der Waals surface area contributed by atoms with E-state index in [2.05, 4.69) is 22.9 Å². The van der Waals surface area contributed by atoms with Crippen molar-refractivity contribution in [2.75, 3.05) is 7.11 Å². The van der Waals surface area contributed by atoms with E-state index in [-0.39, 0.29) is 0 Å². The maximum atomic E-state index is 10.3. The van der Waals surface area contributed by atoms with E-state index in [1.807, 2.05) is 18.2 Å². The summed E-state index contributed by atoms with van der Waals surface area (Å²) in [6, 6.07) is 5.80. The minimum absolute atomic E-state index is 0.423. The molecule has 1 unspecified atom stereocenters. The summed E-state index contributed by atoms with van der Waals surface area (Å²) in [5.74, 6) is 0.761. The van der Waals surface area contributed by atoms with Gasteiger partial charge < -0.3 is 9.84 Å². The van der Waals surface area contributed by atoms with Gasteiger partial charge in [-0.3, -0.25) is 0 Å². The fraction of sp³-hybridized carbons (Fsp3) is 0.667. The highest BCUT2D eigenvalue weighted by Gasteiger charge is 2.13. The number of aliphatic hydroxyl groups excluding tert-OH is 1. The highest BCUT2D eigenvalue weighted by Crippen LogP contribution is 2.31. The second-order valence-corrected chi connectivity index (χ2v) is 6.58. The van der Waals surface area contributed by atoms with Crippen LogP contribution in [0.1, 0.15) is 76.4 Å². The Morgan fingerprint density at radius 2 is 1.67 bits per heavy atom. The molecule has 0 aliphatic rings. The Kier molecular flexibility index (Phi) is 9.77. The second kappa shape index (κ2) is 11.1. The van der Waals surface area contributed by atoms with E-state index in [4.69, 9.17) is 4.74 Å². The molecule has 0 spiro atoms. The number of ether oxygens (including phenoxy) is 1. The van der Waals surface area contributed by atoms with E-state index >= 15 is 0 Å². The minimum Gasteiger partial charge on any atom is -0.496 e. The second-order valence-electron chi connectivity index (χ2n) is 5.67. The summed E-state index contributed by atoms with van der Waals surface area (Å²) in [6.45, 7) is 2.25. The molecule has 120 valence electrons. The van der Waals surface area contributed by atoms with Gasteiger partial charge in [0.2, 0.25) is 0 Å². The summed E-state index contributed by atoms with van der Waals surface area (Å²) >= 11 is 3.42. The Balaban J connectivity index is 2.23. The molecule has 1 aromatic carbocycles.